The van der Waals surface area contributed by atoms with Crippen LogP contribution in [0.5, 0.6) is 0 Å². The average Bonchev–Trinajstić information content (AvgIpc) is 3.44. The Balaban J connectivity index is 1.84. The van der Waals surface area contributed by atoms with Gasteiger partial charge in [0.1, 0.15) is 0 Å². The van der Waals surface area contributed by atoms with E-state index in [9.17, 15) is 19.2 Å². The SMILES string of the molecule is CC(=O)C(C(=O)NC1CCCC1)N(CCc1ccccc1)C(=O)C(=O)c1cccs1. The van der Waals surface area contributed by atoms with E-state index in [1.165, 1.54) is 6.92 Å². The normalized spacial score (nSPS) is 14.8. The predicted molar refractivity (Wildman–Crippen MR) is 115 cm³/mol. The Bertz CT molecular complexity index is 889. The third-order valence-corrected chi connectivity index (χ3v) is 6.20. The molecule has 0 bridgehead atoms. The van der Waals surface area contributed by atoms with Gasteiger partial charge >= 0.3 is 0 Å². The zero-order chi connectivity index (χ0) is 21.5. The van der Waals surface area contributed by atoms with Crippen LogP contribution in [-0.4, -0.2) is 46.9 Å². The maximum atomic E-state index is 13.1. The van der Waals surface area contributed by atoms with Gasteiger partial charge in [0.15, 0.2) is 11.8 Å². The molecule has 30 heavy (non-hydrogen) atoms. The molecule has 0 aliphatic heterocycles. The minimum atomic E-state index is -1.31. The van der Waals surface area contributed by atoms with Gasteiger partial charge in [0, 0.05) is 12.6 Å². The third kappa shape index (κ3) is 5.42. The van der Waals surface area contributed by atoms with Crippen LogP contribution < -0.4 is 5.32 Å². The van der Waals surface area contributed by atoms with Crippen LogP contribution in [0.3, 0.4) is 0 Å². The number of carbonyl (C=O) groups is 4. The number of carbonyl (C=O) groups excluding carboxylic acids is 4. The van der Waals surface area contributed by atoms with Gasteiger partial charge in [-0.2, -0.15) is 0 Å². The summed E-state index contributed by atoms with van der Waals surface area (Å²) in [5, 5.41) is 4.62. The highest BCUT2D eigenvalue weighted by Gasteiger charge is 2.37. The van der Waals surface area contributed by atoms with Crippen molar-refractivity contribution in [2.45, 2.75) is 51.1 Å². The van der Waals surface area contributed by atoms with Gasteiger partial charge in [0.2, 0.25) is 0 Å². The molecule has 0 saturated heterocycles. The minimum Gasteiger partial charge on any atom is -0.351 e. The van der Waals surface area contributed by atoms with Gasteiger partial charge in [-0.3, -0.25) is 19.2 Å². The zero-order valence-corrected chi connectivity index (χ0v) is 17.8. The maximum Gasteiger partial charge on any atom is 0.296 e. The van der Waals surface area contributed by atoms with Crippen molar-refractivity contribution in [3.8, 4) is 0 Å². The highest BCUT2D eigenvalue weighted by Crippen LogP contribution is 2.19. The fourth-order valence-corrected chi connectivity index (χ4v) is 4.44. The van der Waals surface area contributed by atoms with E-state index in [4.69, 9.17) is 0 Å². The van der Waals surface area contributed by atoms with Crippen LogP contribution in [0, 0.1) is 0 Å². The fraction of sp³-hybridized carbons (Fsp3) is 0.391. The van der Waals surface area contributed by atoms with Crippen molar-refractivity contribution >= 4 is 34.7 Å². The molecule has 1 heterocycles. The Hall–Kier alpha value is -2.80. The summed E-state index contributed by atoms with van der Waals surface area (Å²) in [6.07, 6.45) is 4.22. The quantitative estimate of drug-likeness (QED) is 0.380. The number of hydrogen-bond donors (Lipinski definition) is 1. The van der Waals surface area contributed by atoms with E-state index in [0.29, 0.717) is 11.3 Å². The Kier molecular flexibility index (Phi) is 7.52. The molecular formula is C23H26N2O4S. The summed E-state index contributed by atoms with van der Waals surface area (Å²) in [5.74, 6) is -2.48. The molecule has 1 saturated carbocycles. The van der Waals surface area contributed by atoms with Gasteiger partial charge in [-0.25, -0.2) is 0 Å². The molecule has 1 N–H and O–H groups in total. The number of nitrogens with zero attached hydrogens (tertiary/aromatic N) is 1. The number of ketones is 2. The summed E-state index contributed by atoms with van der Waals surface area (Å²) in [6, 6.07) is 11.4. The molecule has 1 aliphatic carbocycles. The molecule has 1 aromatic heterocycles. The first kappa shape index (κ1) is 21.9. The summed E-state index contributed by atoms with van der Waals surface area (Å²) in [5.41, 5.74) is 0.956. The van der Waals surface area contributed by atoms with Crippen LogP contribution in [0.4, 0.5) is 0 Å². The number of hydrogen-bond acceptors (Lipinski definition) is 5. The van der Waals surface area contributed by atoms with Gasteiger partial charge in [-0.15, -0.1) is 11.3 Å². The average molecular weight is 427 g/mol. The van der Waals surface area contributed by atoms with Crippen LogP contribution in [-0.2, 0) is 20.8 Å². The van der Waals surface area contributed by atoms with Crippen LogP contribution in [0.25, 0.3) is 0 Å². The van der Waals surface area contributed by atoms with E-state index in [-0.39, 0.29) is 12.6 Å². The summed E-state index contributed by atoms with van der Waals surface area (Å²) in [4.78, 5) is 52.7. The first-order chi connectivity index (χ1) is 14.5. The van der Waals surface area contributed by atoms with Crippen molar-refractivity contribution in [3.05, 3.63) is 58.3 Å². The molecule has 0 spiro atoms. The van der Waals surface area contributed by atoms with Crippen molar-refractivity contribution in [3.63, 3.8) is 0 Å². The standard InChI is InChI=1S/C23H26N2O4S/c1-16(26)20(22(28)24-18-10-5-6-11-18)25(14-13-17-8-3-2-4-9-17)23(29)21(27)19-12-7-15-30-19/h2-4,7-9,12,15,18,20H,5-6,10-11,13-14H2,1H3,(H,24,28). The van der Waals surface area contributed by atoms with Gasteiger partial charge < -0.3 is 10.2 Å². The molecule has 3 rings (SSSR count). The molecule has 1 unspecified atom stereocenters. The Morgan fingerprint density at radius 2 is 1.77 bits per heavy atom. The highest BCUT2D eigenvalue weighted by molar-refractivity contribution is 7.13. The van der Waals surface area contributed by atoms with Gasteiger partial charge in [0.25, 0.3) is 17.6 Å². The third-order valence-electron chi connectivity index (χ3n) is 5.33. The van der Waals surface area contributed by atoms with Gasteiger partial charge in [-0.1, -0.05) is 49.2 Å². The molecular weight excluding hydrogens is 400 g/mol. The number of amides is 2. The zero-order valence-electron chi connectivity index (χ0n) is 17.0. The molecule has 2 aromatic rings. The lowest BCUT2D eigenvalue weighted by Gasteiger charge is -2.29. The second-order valence-corrected chi connectivity index (χ2v) is 8.49. The Labute approximate surface area is 180 Å². The molecule has 7 heteroatoms. The second-order valence-electron chi connectivity index (χ2n) is 7.54. The molecule has 1 aliphatic rings. The van der Waals surface area contributed by atoms with Crippen LogP contribution >= 0.6 is 11.3 Å². The Morgan fingerprint density at radius 1 is 1.07 bits per heavy atom. The number of nitrogens with one attached hydrogen (secondary N) is 1. The van der Waals surface area contributed by atoms with Crippen LogP contribution in [0.2, 0.25) is 0 Å². The Morgan fingerprint density at radius 3 is 2.37 bits per heavy atom. The highest BCUT2D eigenvalue weighted by atomic mass is 32.1. The lowest BCUT2D eigenvalue weighted by Crippen LogP contribution is -2.56. The predicted octanol–water partition coefficient (Wildman–Crippen LogP) is 3.02. The van der Waals surface area contributed by atoms with Gasteiger partial charge in [0.05, 0.1) is 4.88 Å². The van der Waals surface area contributed by atoms with E-state index in [1.807, 2.05) is 30.3 Å². The molecule has 158 valence electrons. The van der Waals surface area contributed by atoms with E-state index in [1.54, 1.807) is 17.5 Å². The van der Waals surface area contributed by atoms with E-state index in [0.717, 1.165) is 47.5 Å². The largest absolute Gasteiger partial charge is 0.351 e. The molecule has 2 amide bonds. The number of Topliss-reactive ketones (excluding diaryl/α,β-unsaturated/α-hetero) is 2. The summed E-state index contributed by atoms with van der Waals surface area (Å²) in [7, 11) is 0. The van der Waals surface area contributed by atoms with E-state index in [2.05, 4.69) is 5.32 Å². The van der Waals surface area contributed by atoms with Crippen molar-refractivity contribution in [1.29, 1.82) is 0 Å². The van der Waals surface area contributed by atoms with Crippen molar-refractivity contribution < 1.29 is 19.2 Å². The lowest BCUT2D eigenvalue weighted by molar-refractivity contribution is -0.143. The van der Waals surface area contributed by atoms with E-state index < -0.39 is 29.4 Å². The summed E-state index contributed by atoms with van der Waals surface area (Å²) < 4.78 is 0. The lowest BCUT2D eigenvalue weighted by atomic mass is 10.1. The van der Waals surface area contributed by atoms with Crippen molar-refractivity contribution in [2.75, 3.05) is 6.54 Å². The molecule has 1 atom stereocenters. The first-order valence-electron chi connectivity index (χ1n) is 10.2. The monoisotopic (exact) mass is 426 g/mol. The molecule has 6 nitrogen and oxygen atoms in total. The second kappa shape index (κ2) is 10.3. The number of rotatable bonds is 9. The molecule has 1 aromatic carbocycles. The van der Waals surface area contributed by atoms with E-state index >= 15 is 0 Å². The fourth-order valence-electron chi connectivity index (χ4n) is 3.78. The topological polar surface area (TPSA) is 83.6 Å². The minimum absolute atomic E-state index is 0.0124. The van der Waals surface area contributed by atoms with Gasteiger partial charge in [-0.05, 0) is 43.2 Å². The maximum absolute atomic E-state index is 13.1. The van der Waals surface area contributed by atoms with Crippen LogP contribution in [0.15, 0.2) is 47.8 Å². The van der Waals surface area contributed by atoms with Crippen molar-refractivity contribution in [2.24, 2.45) is 0 Å². The van der Waals surface area contributed by atoms with Crippen molar-refractivity contribution in [1.82, 2.24) is 10.2 Å². The molecule has 0 radical (unpaired) electrons. The molecule has 1 fully saturated rings. The summed E-state index contributed by atoms with van der Waals surface area (Å²) >= 11 is 1.16. The number of thiophene rings is 1. The smallest absolute Gasteiger partial charge is 0.296 e. The number of benzene rings is 1. The first-order valence-corrected chi connectivity index (χ1v) is 11.1. The van der Waals surface area contributed by atoms with Crippen LogP contribution in [0.1, 0.15) is 47.8 Å². The summed E-state index contributed by atoms with van der Waals surface area (Å²) in [6.45, 7) is 1.39.